The Hall–Kier alpha value is -3.11. The number of rotatable bonds is 9. The number of hydrogen-bond acceptors (Lipinski definition) is 7. The minimum atomic E-state index is -3.57. The van der Waals surface area contributed by atoms with Crippen LogP contribution in [0.4, 0.5) is 5.69 Å². The summed E-state index contributed by atoms with van der Waals surface area (Å²) in [5.41, 5.74) is 1.08. The fourth-order valence-electron chi connectivity index (χ4n) is 3.31. The average molecular weight is 462 g/mol. The second-order valence-corrected chi connectivity index (χ2v) is 9.10. The van der Waals surface area contributed by atoms with Crippen molar-refractivity contribution < 1.29 is 27.5 Å². The molecule has 3 rings (SSSR count). The fraction of sp³-hybridized carbons (Fsp3) is 0.364. The van der Waals surface area contributed by atoms with E-state index in [-0.39, 0.29) is 11.5 Å². The third-order valence-electron chi connectivity index (χ3n) is 4.95. The van der Waals surface area contributed by atoms with E-state index in [0.29, 0.717) is 35.8 Å². The van der Waals surface area contributed by atoms with Gasteiger partial charge in [-0.3, -0.25) is 4.79 Å². The standard InChI is InChI=1S/C22H27N3O6S/c1-29-20-10-9-17(13-21(20)30-2)15-23-31-16-22(26)24-18-7-6-8-19(14-18)32(27,28)25-11-4-3-5-12-25/h6-10,13-15H,3-5,11-12,16H2,1-2H3,(H,24,26)/b23-15+. The van der Waals surface area contributed by atoms with Crippen molar-refractivity contribution in [3.05, 3.63) is 48.0 Å². The third-order valence-corrected chi connectivity index (χ3v) is 6.84. The van der Waals surface area contributed by atoms with Gasteiger partial charge in [0.25, 0.3) is 5.91 Å². The number of nitrogens with one attached hydrogen (secondary N) is 1. The van der Waals surface area contributed by atoms with Gasteiger partial charge in [0.2, 0.25) is 10.0 Å². The molecular formula is C22H27N3O6S. The second kappa shape index (κ2) is 11.0. The summed E-state index contributed by atoms with van der Waals surface area (Å²) in [6.45, 7) is 0.711. The highest BCUT2D eigenvalue weighted by Crippen LogP contribution is 2.27. The molecule has 2 aromatic carbocycles. The molecule has 0 unspecified atom stereocenters. The van der Waals surface area contributed by atoms with Crippen molar-refractivity contribution in [2.75, 3.05) is 39.2 Å². The first-order chi connectivity index (χ1) is 15.4. The molecule has 1 N–H and O–H groups in total. The van der Waals surface area contributed by atoms with Gasteiger partial charge >= 0.3 is 0 Å². The van der Waals surface area contributed by atoms with Gasteiger partial charge in [0, 0.05) is 24.3 Å². The van der Waals surface area contributed by atoms with E-state index >= 15 is 0 Å². The van der Waals surface area contributed by atoms with Crippen LogP contribution in [0.2, 0.25) is 0 Å². The van der Waals surface area contributed by atoms with Gasteiger partial charge in [-0.2, -0.15) is 4.31 Å². The van der Waals surface area contributed by atoms with E-state index < -0.39 is 15.9 Å². The van der Waals surface area contributed by atoms with Crippen LogP contribution in [0.1, 0.15) is 24.8 Å². The first kappa shape index (κ1) is 23.6. The van der Waals surface area contributed by atoms with E-state index in [1.54, 1.807) is 37.4 Å². The molecule has 0 saturated carbocycles. The number of oxime groups is 1. The molecule has 1 aliphatic rings. The third kappa shape index (κ3) is 5.98. The number of sulfonamides is 1. The van der Waals surface area contributed by atoms with E-state index in [4.69, 9.17) is 14.3 Å². The number of nitrogens with zero attached hydrogens (tertiary/aromatic N) is 2. The van der Waals surface area contributed by atoms with Crippen molar-refractivity contribution in [1.82, 2.24) is 4.31 Å². The average Bonchev–Trinajstić information content (AvgIpc) is 2.82. The van der Waals surface area contributed by atoms with Gasteiger partial charge in [0.1, 0.15) is 0 Å². The first-order valence-electron chi connectivity index (χ1n) is 10.2. The van der Waals surface area contributed by atoms with Crippen LogP contribution in [0.3, 0.4) is 0 Å². The molecular weight excluding hydrogens is 434 g/mol. The van der Waals surface area contributed by atoms with Gasteiger partial charge in [-0.1, -0.05) is 17.6 Å². The van der Waals surface area contributed by atoms with Crippen molar-refractivity contribution in [2.45, 2.75) is 24.2 Å². The molecule has 172 valence electrons. The molecule has 1 saturated heterocycles. The highest BCUT2D eigenvalue weighted by molar-refractivity contribution is 7.89. The molecule has 0 atom stereocenters. The van der Waals surface area contributed by atoms with Crippen molar-refractivity contribution >= 4 is 27.8 Å². The number of hydrogen-bond donors (Lipinski definition) is 1. The molecule has 1 fully saturated rings. The minimum Gasteiger partial charge on any atom is -0.493 e. The Balaban J connectivity index is 1.55. The van der Waals surface area contributed by atoms with Crippen LogP contribution < -0.4 is 14.8 Å². The van der Waals surface area contributed by atoms with Gasteiger partial charge in [-0.05, 0) is 49.2 Å². The molecule has 0 spiro atoms. The fourth-order valence-corrected chi connectivity index (χ4v) is 4.88. The Labute approximate surface area is 188 Å². The number of benzene rings is 2. The summed E-state index contributed by atoms with van der Waals surface area (Å²) in [7, 11) is -0.493. The number of ether oxygens (including phenoxy) is 2. The van der Waals surface area contributed by atoms with E-state index in [9.17, 15) is 13.2 Å². The summed E-state index contributed by atoms with van der Waals surface area (Å²) >= 11 is 0. The zero-order chi connectivity index (χ0) is 23.0. The van der Waals surface area contributed by atoms with Crippen LogP contribution in [-0.4, -0.2) is 58.8 Å². The summed E-state index contributed by atoms with van der Waals surface area (Å²) in [6, 6.07) is 11.4. The lowest BCUT2D eigenvalue weighted by Crippen LogP contribution is -2.35. The highest BCUT2D eigenvalue weighted by atomic mass is 32.2. The molecule has 10 heteroatoms. The van der Waals surface area contributed by atoms with Crippen molar-refractivity contribution in [1.29, 1.82) is 0 Å². The molecule has 0 bridgehead atoms. The lowest BCUT2D eigenvalue weighted by atomic mass is 10.2. The Morgan fingerprint density at radius 1 is 1.06 bits per heavy atom. The van der Waals surface area contributed by atoms with Crippen LogP contribution in [0.15, 0.2) is 52.5 Å². The SMILES string of the molecule is COc1ccc(/C=N/OCC(=O)Nc2cccc(S(=O)(=O)N3CCCCC3)c2)cc1OC. The van der Waals surface area contributed by atoms with Crippen LogP contribution in [0.5, 0.6) is 11.5 Å². The van der Waals surface area contributed by atoms with E-state index in [1.165, 1.54) is 29.8 Å². The van der Waals surface area contributed by atoms with Crippen LogP contribution in [0.25, 0.3) is 0 Å². The second-order valence-electron chi connectivity index (χ2n) is 7.16. The molecule has 1 amide bonds. The summed E-state index contributed by atoms with van der Waals surface area (Å²) in [5.74, 6) is 0.685. The van der Waals surface area contributed by atoms with E-state index in [1.807, 2.05) is 0 Å². The summed E-state index contributed by atoms with van der Waals surface area (Å²) in [6.07, 6.45) is 4.20. The summed E-state index contributed by atoms with van der Waals surface area (Å²) in [4.78, 5) is 17.4. The lowest BCUT2D eigenvalue weighted by molar-refractivity contribution is -0.120. The van der Waals surface area contributed by atoms with Crippen molar-refractivity contribution in [3.63, 3.8) is 0 Å². The topological polar surface area (TPSA) is 107 Å². The predicted octanol–water partition coefficient (Wildman–Crippen LogP) is 2.87. The normalized spacial score (nSPS) is 14.8. The number of carbonyl (C=O) groups is 1. The van der Waals surface area contributed by atoms with Crippen molar-refractivity contribution in [2.24, 2.45) is 5.16 Å². The number of piperidine rings is 1. The van der Waals surface area contributed by atoms with Gasteiger partial charge in [-0.25, -0.2) is 8.42 Å². The van der Waals surface area contributed by atoms with Gasteiger partial charge in [0.15, 0.2) is 18.1 Å². The number of amides is 1. The molecule has 0 radical (unpaired) electrons. The maximum absolute atomic E-state index is 12.8. The smallest absolute Gasteiger partial charge is 0.265 e. The first-order valence-corrected chi connectivity index (χ1v) is 11.7. The molecule has 32 heavy (non-hydrogen) atoms. The zero-order valence-corrected chi connectivity index (χ0v) is 18.9. The molecule has 2 aromatic rings. The molecule has 0 aromatic heterocycles. The monoisotopic (exact) mass is 461 g/mol. The molecule has 0 aliphatic carbocycles. The van der Waals surface area contributed by atoms with Gasteiger partial charge in [-0.15, -0.1) is 0 Å². The maximum Gasteiger partial charge on any atom is 0.265 e. The highest BCUT2D eigenvalue weighted by Gasteiger charge is 2.26. The van der Waals surface area contributed by atoms with Crippen LogP contribution >= 0.6 is 0 Å². The van der Waals surface area contributed by atoms with Crippen molar-refractivity contribution in [3.8, 4) is 11.5 Å². The van der Waals surface area contributed by atoms with E-state index in [0.717, 1.165) is 19.3 Å². The van der Waals surface area contributed by atoms with Gasteiger partial charge in [0.05, 0.1) is 25.3 Å². The Morgan fingerprint density at radius 3 is 2.53 bits per heavy atom. The predicted molar refractivity (Wildman–Crippen MR) is 121 cm³/mol. The number of methoxy groups -OCH3 is 2. The minimum absolute atomic E-state index is 0.157. The quantitative estimate of drug-likeness (QED) is 0.455. The zero-order valence-electron chi connectivity index (χ0n) is 18.1. The Morgan fingerprint density at radius 2 is 1.81 bits per heavy atom. The lowest BCUT2D eigenvalue weighted by Gasteiger charge is -2.26. The largest absolute Gasteiger partial charge is 0.493 e. The van der Waals surface area contributed by atoms with Gasteiger partial charge < -0.3 is 19.6 Å². The number of carbonyl (C=O) groups excluding carboxylic acids is 1. The van der Waals surface area contributed by atoms with Crippen LogP contribution in [0, 0.1) is 0 Å². The maximum atomic E-state index is 12.8. The van der Waals surface area contributed by atoms with E-state index in [2.05, 4.69) is 10.5 Å². The molecule has 9 nitrogen and oxygen atoms in total. The summed E-state index contributed by atoms with van der Waals surface area (Å²) in [5, 5.41) is 6.42. The van der Waals surface area contributed by atoms with Crippen LogP contribution in [-0.2, 0) is 19.7 Å². The Bertz CT molecular complexity index is 1070. The summed E-state index contributed by atoms with van der Waals surface area (Å²) < 4.78 is 37.5. The molecule has 1 heterocycles. The Kier molecular flexibility index (Phi) is 8.07. The molecule has 1 aliphatic heterocycles. The number of anilines is 1.